The van der Waals surface area contributed by atoms with E-state index in [1.54, 1.807) is 0 Å². The first kappa shape index (κ1) is 15.0. The van der Waals surface area contributed by atoms with Gasteiger partial charge in [-0.1, -0.05) is 35.2 Å². The minimum absolute atomic E-state index is 0.256. The Morgan fingerprint density at radius 1 is 1.35 bits per heavy atom. The highest BCUT2D eigenvalue weighted by Gasteiger charge is 2.35. The average molecular weight is 326 g/mol. The van der Waals surface area contributed by atoms with E-state index in [4.69, 9.17) is 0 Å². The molecule has 100 valence electrons. The van der Waals surface area contributed by atoms with E-state index in [9.17, 15) is 13.2 Å². The molecule has 0 spiro atoms. The van der Waals surface area contributed by atoms with Crippen LogP contribution in [-0.2, 0) is 14.6 Å². The highest BCUT2D eigenvalue weighted by atomic mass is 79.9. The standard InChI is InChI=1S/C11H20BrNO3S/c1-9(17(2,15)16)10(14)13-11(8-12)6-4-3-5-7-11/h9H,3-8H2,1-2H3,(H,13,14). The maximum absolute atomic E-state index is 11.9. The molecule has 1 rings (SSSR count). The number of carbonyl (C=O) groups excluding carboxylic acids is 1. The lowest BCUT2D eigenvalue weighted by molar-refractivity contribution is -0.122. The van der Waals surface area contributed by atoms with Gasteiger partial charge in [-0.05, 0) is 19.8 Å². The van der Waals surface area contributed by atoms with E-state index in [0.717, 1.165) is 31.9 Å². The largest absolute Gasteiger partial charge is 0.349 e. The first-order valence-electron chi connectivity index (χ1n) is 5.88. The number of hydrogen-bond acceptors (Lipinski definition) is 3. The molecule has 1 atom stereocenters. The summed E-state index contributed by atoms with van der Waals surface area (Å²) in [4.78, 5) is 11.9. The molecule has 17 heavy (non-hydrogen) atoms. The van der Waals surface area contributed by atoms with E-state index in [0.29, 0.717) is 5.33 Å². The maximum atomic E-state index is 11.9. The van der Waals surface area contributed by atoms with Gasteiger partial charge in [-0.25, -0.2) is 8.42 Å². The van der Waals surface area contributed by atoms with Crippen LogP contribution in [0.25, 0.3) is 0 Å². The molecule has 1 aliphatic rings. The lowest BCUT2D eigenvalue weighted by atomic mass is 9.83. The third-order valence-electron chi connectivity index (χ3n) is 3.47. The second-order valence-corrected chi connectivity index (χ2v) is 7.86. The minimum Gasteiger partial charge on any atom is -0.349 e. The molecule has 0 radical (unpaired) electrons. The summed E-state index contributed by atoms with van der Waals surface area (Å²) in [7, 11) is -3.32. The van der Waals surface area contributed by atoms with Crippen molar-refractivity contribution in [3.63, 3.8) is 0 Å². The van der Waals surface area contributed by atoms with Gasteiger partial charge < -0.3 is 5.32 Å². The SMILES string of the molecule is CC(C(=O)NC1(CBr)CCCCC1)S(C)(=O)=O. The van der Waals surface area contributed by atoms with E-state index in [-0.39, 0.29) is 11.4 Å². The summed E-state index contributed by atoms with van der Waals surface area (Å²) >= 11 is 3.43. The van der Waals surface area contributed by atoms with Crippen LogP contribution in [0.2, 0.25) is 0 Å². The van der Waals surface area contributed by atoms with Crippen molar-refractivity contribution in [2.45, 2.75) is 49.8 Å². The van der Waals surface area contributed by atoms with Crippen molar-refractivity contribution in [3.8, 4) is 0 Å². The summed E-state index contributed by atoms with van der Waals surface area (Å²) in [6, 6.07) is 0. The van der Waals surface area contributed by atoms with E-state index in [1.165, 1.54) is 13.3 Å². The Balaban J connectivity index is 2.72. The predicted octanol–water partition coefficient (Wildman–Crippen LogP) is 1.63. The van der Waals surface area contributed by atoms with Gasteiger partial charge in [0.1, 0.15) is 5.25 Å². The number of hydrogen-bond donors (Lipinski definition) is 1. The Hall–Kier alpha value is -0.100. The molecule has 0 heterocycles. The quantitative estimate of drug-likeness (QED) is 0.799. The summed E-state index contributed by atoms with van der Waals surface area (Å²) in [5, 5.41) is 2.63. The summed E-state index contributed by atoms with van der Waals surface area (Å²) in [5.74, 6) is -0.381. The number of rotatable bonds is 4. The van der Waals surface area contributed by atoms with Crippen molar-refractivity contribution < 1.29 is 13.2 Å². The van der Waals surface area contributed by atoms with Gasteiger partial charge in [-0.15, -0.1) is 0 Å². The van der Waals surface area contributed by atoms with Crippen LogP contribution in [0.1, 0.15) is 39.0 Å². The van der Waals surface area contributed by atoms with Gasteiger partial charge in [-0.2, -0.15) is 0 Å². The fourth-order valence-electron chi connectivity index (χ4n) is 2.08. The Bertz CT molecular complexity index is 374. The van der Waals surface area contributed by atoms with E-state index < -0.39 is 15.1 Å². The Kier molecular flexibility index (Phi) is 5.01. The van der Waals surface area contributed by atoms with Crippen LogP contribution in [-0.4, -0.2) is 36.7 Å². The zero-order valence-corrected chi connectivity index (χ0v) is 12.7. The first-order valence-corrected chi connectivity index (χ1v) is 8.95. The third kappa shape index (κ3) is 3.95. The molecule has 0 bridgehead atoms. The van der Waals surface area contributed by atoms with Gasteiger partial charge in [0.25, 0.3) is 0 Å². The molecular weight excluding hydrogens is 306 g/mol. The molecule has 6 heteroatoms. The van der Waals surface area contributed by atoms with Gasteiger partial charge in [0.05, 0.1) is 0 Å². The smallest absolute Gasteiger partial charge is 0.238 e. The number of sulfone groups is 1. The number of amides is 1. The molecule has 4 nitrogen and oxygen atoms in total. The molecule has 0 aromatic heterocycles. The van der Waals surface area contributed by atoms with Crippen LogP contribution in [0.4, 0.5) is 0 Å². The lowest BCUT2D eigenvalue weighted by Crippen LogP contribution is -2.54. The molecule has 1 fully saturated rings. The van der Waals surface area contributed by atoms with Crippen LogP contribution in [0.3, 0.4) is 0 Å². The van der Waals surface area contributed by atoms with Crippen LogP contribution in [0.15, 0.2) is 0 Å². The molecule has 0 aromatic rings. The Morgan fingerprint density at radius 2 is 1.88 bits per heavy atom. The molecule has 0 aromatic carbocycles. The highest BCUT2D eigenvalue weighted by molar-refractivity contribution is 9.09. The molecule has 1 aliphatic carbocycles. The van der Waals surface area contributed by atoms with Crippen molar-refractivity contribution in [1.82, 2.24) is 5.32 Å². The predicted molar refractivity (Wildman–Crippen MR) is 72.1 cm³/mol. The van der Waals surface area contributed by atoms with E-state index >= 15 is 0 Å². The average Bonchev–Trinajstić information content (AvgIpc) is 2.28. The Morgan fingerprint density at radius 3 is 2.29 bits per heavy atom. The third-order valence-corrected chi connectivity index (χ3v) is 6.04. The highest BCUT2D eigenvalue weighted by Crippen LogP contribution is 2.30. The molecule has 1 saturated carbocycles. The van der Waals surface area contributed by atoms with Crippen molar-refractivity contribution in [2.75, 3.05) is 11.6 Å². The number of halogens is 1. The fraction of sp³-hybridized carbons (Fsp3) is 0.909. The first-order chi connectivity index (χ1) is 7.81. The van der Waals surface area contributed by atoms with Crippen molar-refractivity contribution in [3.05, 3.63) is 0 Å². The fourth-order valence-corrected chi connectivity index (χ4v) is 3.23. The second-order valence-electron chi connectivity index (χ2n) is 4.94. The maximum Gasteiger partial charge on any atom is 0.238 e. The van der Waals surface area contributed by atoms with Gasteiger partial charge in [0, 0.05) is 17.1 Å². The monoisotopic (exact) mass is 325 g/mol. The zero-order valence-electron chi connectivity index (χ0n) is 10.3. The van der Waals surface area contributed by atoms with Crippen molar-refractivity contribution in [1.29, 1.82) is 0 Å². The van der Waals surface area contributed by atoms with E-state index in [2.05, 4.69) is 21.2 Å². The van der Waals surface area contributed by atoms with E-state index in [1.807, 2.05) is 0 Å². The van der Waals surface area contributed by atoms with Crippen LogP contribution < -0.4 is 5.32 Å². The van der Waals surface area contributed by atoms with Gasteiger partial charge in [0.15, 0.2) is 9.84 Å². The number of nitrogens with one attached hydrogen (secondary N) is 1. The molecular formula is C11H20BrNO3S. The summed E-state index contributed by atoms with van der Waals surface area (Å²) in [6.07, 6.45) is 6.28. The van der Waals surface area contributed by atoms with Crippen LogP contribution in [0, 0.1) is 0 Å². The second kappa shape index (κ2) is 5.69. The normalized spacial score (nSPS) is 21.8. The van der Waals surface area contributed by atoms with Crippen molar-refractivity contribution >= 4 is 31.7 Å². The van der Waals surface area contributed by atoms with Crippen molar-refractivity contribution in [2.24, 2.45) is 0 Å². The number of carbonyl (C=O) groups is 1. The zero-order chi connectivity index (χ0) is 13.1. The van der Waals surface area contributed by atoms with Gasteiger partial charge >= 0.3 is 0 Å². The van der Waals surface area contributed by atoms with Crippen LogP contribution in [0.5, 0.6) is 0 Å². The number of alkyl halides is 1. The van der Waals surface area contributed by atoms with Gasteiger partial charge in [0.2, 0.25) is 5.91 Å². The topological polar surface area (TPSA) is 63.2 Å². The lowest BCUT2D eigenvalue weighted by Gasteiger charge is -2.37. The van der Waals surface area contributed by atoms with Crippen LogP contribution >= 0.6 is 15.9 Å². The van der Waals surface area contributed by atoms with Gasteiger partial charge in [-0.3, -0.25) is 4.79 Å². The minimum atomic E-state index is -3.32. The summed E-state index contributed by atoms with van der Waals surface area (Å²) < 4.78 is 22.7. The molecule has 1 unspecified atom stereocenters. The molecule has 0 aliphatic heterocycles. The molecule has 1 amide bonds. The molecule has 0 saturated heterocycles. The Labute approximate surface area is 112 Å². The summed E-state index contributed by atoms with van der Waals surface area (Å²) in [5.41, 5.74) is -0.256. The summed E-state index contributed by atoms with van der Waals surface area (Å²) in [6.45, 7) is 1.44. The molecule has 1 N–H and O–H groups in total.